The molecule has 1 unspecified atom stereocenters. The lowest BCUT2D eigenvalue weighted by Gasteiger charge is -2.34. The predicted molar refractivity (Wildman–Crippen MR) is 75.3 cm³/mol. The molecular weight excluding hydrogens is 266 g/mol. The number of ether oxygens (including phenoxy) is 1. The Morgan fingerprint density at radius 3 is 2.68 bits per heavy atom. The highest BCUT2D eigenvalue weighted by Crippen LogP contribution is 2.32. The molecule has 0 bridgehead atoms. The van der Waals surface area contributed by atoms with Gasteiger partial charge in [0.2, 0.25) is 5.91 Å². The van der Waals surface area contributed by atoms with Crippen molar-refractivity contribution >= 4 is 23.6 Å². The summed E-state index contributed by atoms with van der Waals surface area (Å²) in [6.07, 6.45) is 4.90. The van der Waals surface area contributed by atoms with Crippen molar-refractivity contribution in [2.45, 2.75) is 44.8 Å². The zero-order valence-corrected chi connectivity index (χ0v) is 12.4. The highest BCUT2D eigenvalue weighted by Gasteiger charge is 2.31. The molecule has 6 heteroatoms. The maximum atomic E-state index is 11.8. The molecule has 1 amide bonds. The van der Waals surface area contributed by atoms with Crippen LogP contribution in [0.3, 0.4) is 0 Å². The van der Waals surface area contributed by atoms with Gasteiger partial charge in [0.1, 0.15) is 6.04 Å². The molecule has 0 heterocycles. The Kier molecular flexibility index (Phi) is 7.23. The van der Waals surface area contributed by atoms with E-state index >= 15 is 0 Å². The zero-order chi connectivity index (χ0) is 14.3. The molecule has 1 aliphatic carbocycles. The van der Waals surface area contributed by atoms with E-state index in [1.807, 2.05) is 13.2 Å². The first kappa shape index (κ1) is 16.3. The molecular formula is C13H23NO4S. The van der Waals surface area contributed by atoms with E-state index in [9.17, 15) is 9.59 Å². The van der Waals surface area contributed by atoms with Crippen LogP contribution in [0, 0.1) is 5.92 Å². The molecule has 19 heavy (non-hydrogen) atoms. The van der Waals surface area contributed by atoms with Crippen molar-refractivity contribution < 1.29 is 19.4 Å². The largest absolute Gasteiger partial charge is 0.480 e. The lowest BCUT2D eigenvalue weighted by atomic mass is 9.80. The molecule has 0 aromatic rings. The standard InChI is InChI=1S/C13H23NO4S/c1-3-18-10-6-9(7-10)8-12(15)14-11(13(16)17)4-5-19-2/h9-11H,3-8H2,1-2H3,(H,14,15)(H,16,17). The van der Waals surface area contributed by atoms with Crippen LogP contribution in [0.1, 0.15) is 32.6 Å². The van der Waals surface area contributed by atoms with E-state index in [1.54, 1.807) is 11.8 Å². The maximum absolute atomic E-state index is 11.8. The summed E-state index contributed by atoms with van der Waals surface area (Å²) in [4.78, 5) is 22.8. The van der Waals surface area contributed by atoms with Gasteiger partial charge < -0.3 is 15.2 Å². The Morgan fingerprint density at radius 2 is 2.16 bits per heavy atom. The molecule has 0 aliphatic heterocycles. The quantitative estimate of drug-likeness (QED) is 0.673. The number of carboxylic acid groups (broad SMARTS) is 1. The van der Waals surface area contributed by atoms with Gasteiger partial charge in [-0.15, -0.1) is 0 Å². The molecule has 0 saturated heterocycles. The van der Waals surface area contributed by atoms with Crippen LogP contribution in [0.5, 0.6) is 0 Å². The number of hydrogen-bond acceptors (Lipinski definition) is 4. The van der Waals surface area contributed by atoms with Crippen LogP contribution in [0.2, 0.25) is 0 Å². The van der Waals surface area contributed by atoms with Crippen LogP contribution in [0.4, 0.5) is 0 Å². The number of hydrogen-bond donors (Lipinski definition) is 2. The van der Waals surface area contributed by atoms with Crippen LogP contribution in [-0.4, -0.2) is 47.7 Å². The van der Waals surface area contributed by atoms with Gasteiger partial charge in [-0.1, -0.05) is 0 Å². The number of thioether (sulfide) groups is 1. The molecule has 0 aromatic carbocycles. The predicted octanol–water partition coefficient (Wildman–Crippen LogP) is 1.51. The first-order valence-electron chi connectivity index (χ1n) is 6.69. The van der Waals surface area contributed by atoms with Gasteiger partial charge in [0.15, 0.2) is 0 Å². The molecule has 0 spiro atoms. The molecule has 110 valence electrons. The topological polar surface area (TPSA) is 75.6 Å². The first-order chi connectivity index (χ1) is 9.06. The van der Waals surface area contributed by atoms with Crippen LogP contribution in [0.25, 0.3) is 0 Å². The first-order valence-corrected chi connectivity index (χ1v) is 8.08. The SMILES string of the molecule is CCOC1CC(CC(=O)NC(CCSC)C(=O)O)C1. The van der Waals surface area contributed by atoms with Gasteiger partial charge in [0.05, 0.1) is 6.10 Å². The van der Waals surface area contributed by atoms with Crippen molar-refractivity contribution in [2.75, 3.05) is 18.6 Å². The molecule has 0 aromatic heterocycles. The normalized spacial score (nSPS) is 23.5. The molecule has 2 N–H and O–H groups in total. The van der Waals surface area contributed by atoms with E-state index in [1.165, 1.54) is 0 Å². The number of carbonyl (C=O) groups excluding carboxylic acids is 1. The van der Waals surface area contributed by atoms with E-state index < -0.39 is 12.0 Å². The van der Waals surface area contributed by atoms with Gasteiger partial charge in [0, 0.05) is 13.0 Å². The van der Waals surface area contributed by atoms with E-state index in [2.05, 4.69) is 5.32 Å². The second-order valence-corrected chi connectivity index (χ2v) is 5.84. The number of carboxylic acids is 1. The summed E-state index contributed by atoms with van der Waals surface area (Å²) in [5.41, 5.74) is 0. The Labute approximate surface area is 118 Å². The summed E-state index contributed by atoms with van der Waals surface area (Å²) in [6, 6.07) is -0.761. The highest BCUT2D eigenvalue weighted by atomic mass is 32.2. The average Bonchev–Trinajstić information content (AvgIpc) is 2.31. The zero-order valence-electron chi connectivity index (χ0n) is 11.6. The van der Waals surface area contributed by atoms with Crippen LogP contribution in [-0.2, 0) is 14.3 Å². The summed E-state index contributed by atoms with van der Waals surface area (Å²) in [5.74, 6) is -0.0456. The average molecular weight is 289 g/mol. The Bertz CT molecular complexity index is 305. The number of rotatable bonds is 9. The molecule has 1 rings (SSSR count). The van der Waals surface area contributed by atoms with Gasteiger partial charge in [-0.05, 0) is 44.1 Å². The van der Waals surface area contributed by atoms with Crippen molar-refractivity contribution in [2.24, 2.45) is 5.92 Å². The van der Waals surface area contributed by atoms with E-state index in [-0.39, 0.29) is 12.0 Å². The minimum absolute atomic E-state index is 0.159. The number of aliphatic carboxylic acids is 1. The van der Waals surface area contributed by atoms with Gasteiger partial charge in [-0.3, -0.25) is 4.79 Å². The minimum Gasteiger partial charge on any atom is -0.480 e. The molecule has 1 fully saturated rings. The lowest BCUT2D eigenvalue weighted by molar-refractivity contribution is -0.142. The fraction of sp³-hybridized carbons (Fsp3) is 0.846. The van der Waals surface area contributed by atoms with Crippen LogP contribution < -0.4 is 5.32 Å². The lowest BCUT2D eigenvalue weighted by Crippen LogP contribution is -2.43. The third-order valence-electron chi connectivity index (χ3n) is 3.31. The van der Waals surface area contributed by atoms with Crippen molar-refractivity contribution in [3.63, 3.8) is 0 Å². The van der Waals surface area contributed by atoms with Crippen LogP contribution in [0.15, 0.2) is 0 Å². The van der Waals surface area contributed by atoms with Crippen molar-refractivity contribution in [1.29, 1.82) is 0 Å². The Morgan fingerprint density at radius 1 is 1.47 bits per heavy atom. The summed E-state index contributed by atoms with van der Waals surface area (Å²) in [7, 11) is 0. The summed E-state index contributed by atoms with van der Waals surface area (Å²) in [5, 5.41) is 11.6. The fourth-order valence-electron chi connectivity index (χ4n) is 2.22. The maximum Gasteiger partial charge on any atom is 0.326 e. The molecule has 5 nitrogen and oxygen atoms in total. The molecule has 1 atom stereocenters. The highest BCUT2D eigenvalue weighted by molar-refractivity contribution is 7.98. The van der Waals surface area contributed by atoms with E-state index in [4.69, 9.17) is 9.84 Å². The third-order valence-corrected chi connectivity index (χ3v) is 3.96. The summed E-state index contributed by atoms with van der Waals surface area (Å²) < 4.78 is 5.43. The number of amides is 1. The molecule has 0 radical (unpaired) electrons. The van der Waals surface area contributed by atoms with Crippen molar-refractivity contribution in [1.82, 2.24) is 5.32 Å². The van der Waals surface area contributed by atoms with Gasteiger partial charge in [-0.2, -0.15) is 11.8 Å². The van der Waals surface area contributed by atoms with Gasteiger partial charge >= 0.3 is 5.97 Å². The van der Waals surface area contributed by atoms with Crippen molar-refractivity contribution in [3.8, 4) is 0 Å². The minimum atomic E-state index is -0.955. The summed E-state index contributed by atoms with van der Waals surface area (Å²) >= 11 is 1.58. The van der Waals surface area contributed by atoms with Gasteiger partial charge in [0.25, 0.3) is 0 Å². The van der Waals surface area contributed by atoms with E-state index in [0.29, 0.717) is 25.4 Å². The molecule has 1 saturated carbocycles. The fourth-order valence-corrected chi connectivity index (χ4v) is 2.69. The number of nitrogens with one attached hydrogen (secondary N) is 1. The monoisotopic (exact) mass is 289 g/mol. The Balaban J connectivity index is 2.24. The molecule has 1 aliphatic rings. The van der Waals surface area contributed by atoms with E-state index in [0.717, 1.165) is 18.6 Å². The second kappa shape index (κ2) is 8.43. The van der Waals surface area contributed by atoms with Crippen molar-refractivity contribution in [3.05, 3.63) is 0 Å². The Hall–Kier alpha value is -0.750. The second-order valence-electron chi connectivity index (χ2n) is 4.86. The smallest absolute Gasteiger partial charge is 0.326 e. The summed E-state index contributed by atoms with van der Waals surface area (Å²) in [6.45, 7) is 2.67. The number of carbonyl (C=O) groups is 2. The van der Waals surface area contributed by atoms with Gasteiger partial charge in [-0.25, -0.2) is 4.79 Å². The third kappa shape index (κ3) is 5.82. The van der Waals surface area contributed by atoms with Crippen LogP contribution >= 0.6 is 11.8 Å².